The van der Waals surface area contributed by atoms with Gasteiger partial charge in [-0.25, -0.2) is 8.78 Å². The molecule has 0 aromatic heterocycles. The summed E-state index contributed by atoms with van der Waals surface area (Å²) < 4.78 is 26.2. The van der Waals surface area contributed by atoms with Crippen LogP contribution in [-0.2, 0) is 0 Å². The Balaban J connectivity index is 2.36. The number of rotatable bonds is 2. The number of hydrogen-bond donors (Lipinski definition) is 0. The van der Waals surface area contributed by atoms with Crippen molar-refractivity contribution in [1.82, 2.24) is 0 Å². The van der Waals surface area contributed by atoms with E-state index in [0.29, 0.717) is 10.6 Å². The van der Waals surface area contributed by atoms with Gasteiger partial charge < -0.3 is 0 Å². The third-order valence-electron chi connectivity index (χ3n) is 2.75. The first-order valence-electron chi connectivity index (χ1n) is 5.28. The summed E-state index contributed by atoms with van der Waals surface area (Å²) in [6.45, 7) is 1.90. The summed E-state index contributed by atoms with van der Waals surface area (Å²) in [5.41, 5.74) is 1.59. The molecule has 0 amide bonds. The van der Waals surface area contributed by atoms with Crippen molar-refractivity contribution in [3.63, 3.8) is 0 Å². The zero-order chi connectivity index (χ0) is 12.4. The standard InChI is InChI=1S/C14H11ClF2/c1-9(10-2-4-12(15)5-3-10)11-6-13(16)8-14(17)7-11/h2-9H,1H3. The molecule has 1 atom stereocenters. The second kappa shape index (κ2) is 4.84. The van der Waals surface area contributed by atoms with Crippen LogP contribution in [0.4, 0.5) is 8.78 Å². The van der Waals surface area contributed by atoms with Crippen LogP contribution in [-0.4, -0.2) is 0 Å². The van der Waals surface area contributed by atoms with Crippen LogP contribution in [0.15, 0.2) is 42.5 Å². The average molecular weight is 253 g/mol. The van der Waals surface area contributed by atoms with E-state index in [0.717, 1.165) is 11.6 Å². The Labute approximate surface area is 104 Å². The Morgan fingerprint density at radius 2 is 1.41 bits per heavy atom. The van der Waals surface area contributed by atoms with Crippen molar-refractivity contribution in [3.8, 4) is 0 Å². The van der Waals surface area contributed by atoms with Gasteiger partial charge in [-0.2, -0.15) is 0 Å². The lowest BCUT2D eigenvalue weighted by atomic mass is 9.93. The topological polar surface area (TPSA) is 0 Å². The van der Waals surface area contributed by atoms with Crippen LogP contribution in [0.5, 0.6) is 0 Å². The average Bonchev–Trinajstić information content (AvgIpc) is 2.28. The number of halogens is 3. The van der Waals surface area contributed by atoms with Crippen LogP contribution in [0.3, 0.4) is 0 Å². The van der Waals surface area contributed by atoms with E-state index >= 15 is 0 Å². The monoisotopic (exact) mass is 252 g/mol. The maximum absolute atomic E-state index is 13.1. The minimum Gasteiger partial charge on any atom is -0.207 e. The molecule has 88 valence electrons. The first-order valence-corrected chi connectivity index (χ1v) is 5.65. The van der Waals surface area contributed by atoms with E-state index in [2.05, 4.69) is 0 Å². The van der Waals surface area contributed by atoms with Gasteiger partial charge in [0.1, 0.15) is 11.6 Å². The summed E-state index contributed by atoms with van der Waals surface area (Å²) in [7, 11) is 0. The molecule has 0 aliphatic carbocycles. The van der Waals surface area contributed by atoms with Gasteiger partial charge in [-0.15, -0.1) is 0 Å². The smallest absolute Gasteiger partial charge is 0.126 e. The molecule has 0 N–H and O–H groups in total. The van der Waals surface area contributed by atoms with Crippen LogP contribution in [0, 0.1) is 11.6 Å². The maximum atomic E-state index is 13.1. The highest BCUT2D eigenvalue weighted by Gasteiger charge is 2.10. The summed E-state index contributed by atoms with van der Waals surface area (Å²) >= 11 is 5.79. The Kier molecular flexibility index (Phi) is 3.43. The molecule has 0 aliphatic heterocycles. The predicted octanol–water partition coefficient (Wildman–Crippen LogP) is 4.77. The molecule has 2 aromatic carbocycles. The summed E-state index contributed by atoms with van der Waals surface area (Å²) in [4.78, 5) is 0. The highest BCUT2D eigenvalue weighted by molar-refractivity contribution is 6.30. The molecular weight excluding hydrogens is 242 g/mol. The van der Waals surface area contributed by atoms with Gasteiger partial charge in [0.2, 0.25) is 0 Å². The Bertz CT molecular complexity index is 500. The Hall–Kier alpha value is -1.41. The van der Waals surface area contributed by atoms with E-state index in [1.807, 2.05) is 19.1 Å². The molecule has 0 radical (unpaired) electrons. The molecule has 17 heavy (non-hydrogen) atoms. The zero-order valence-electron chi connectivity index (χ0n) is 9.25. The SMILES string of the molecule is CC(c1ccc(Cl)cc1)c1cc(F)cc(F)c1. The van der Waals surface area contributed by atoms with Gasteiger partial charge in [0, 0.05) is 17.0 Å². The predicted molar refractivity (Wildman–Crippen MR) is 65.3 cm³/mol. The molecule has 1 unspecified atom stereocenters. The molecule has 0 saturated carbocycles. The van der Waals surface area contributed by atoms with E-state index < -0.39 is 11.6 Å². The van der Waals surface area contributed by atoms with Gasteiger partial charge in [0.15, 0.2) is 0 Å². The van der Waals surface area contributed by atoms with Crippen molar-refractivity contribution < 1.29 is 8.78 Å². The zero-order valence-corrected chi connectivity index (χ0v) is 10.0. The first kappa shape index (κ1) is 12.1. The van der Waals surface area contributed by atoms with Crippen molar-refractivity contribution in [2.24, 2.45) is 0 Å². The molecule has 0 bridgehead atoms. The Morgan fingerprint density at radius 3 is 1.94 bits per heavy atom. The summed E-state index contributed by atoms with van der Waals surface area (Å²) in [5.74, 6) is -1.18. The summed E-state index contributed by atoms with van der Waals surface area (Å²) in [6, 6.07) is 10.8. The fourth-order valence-electron chi connectivity index (χ4n) is 1.77. The van der Waals surface area contributed by atoms with Crippen LogP contribution < -0.4 is 0 Å². The summed E-state index contributed by atoms with van der Waals surface area (Å²) in [5, 5.41) is 0.645. The van der Waals surface area contributed by atoms with E-state index in [9.17, 15) is 8.78 Å². The minimum atomic E-state index is -0.555. The molecule has 2 rings (SSSR count). The molecule has 0 fully saturated rings. The molecular formula is C14H11ClF2. The Morgan fingerprint density at radius 1 is 0.882 bits per heavy atom. The van der Waals surface area contributed by atoms with Crippen molar-refractivity contribution in [2.75, 3.05) is 0 Å². The lowest BCUT2D eigenvalue weighted by Crippen LogP contribution is -1.97. The molecule has 0 heterocycles. The van der Waals surface area contributed by atoms with E-state index in [4.69, 9.17) is 11.6 Å². The number of hydrogen-bond acceptors (Lipinski definition) is 0. The normalized spacial score (nSPS) is 12.5. The lowest BCUT2D eigenvalue weighted by Gasteiger charge is -2.12. The first-order chi connectivity index (χ1) is 8.06. The van der Waals surface area contributed by atoms with Crippen LogP contribution in [0.25, 0.3) is 0 Å². The van der Waals surface area contributed by atoms with Crippen LogP contribution in [0.1, 0.15) is 24.0 Å². The van der Waals surface area contributed by atoms with E-state index in [1.54, 1.807) is 12.1 Å². The van der Waals surface area contributed by atoms with E-state index in [-0.39, 0.29) is 5.92 Å². The van der Waals surface area contributed by atoms with Gasteiger partial charge in [-0.1, -0.05) is 30.7 Å². The molecule has 0 aliphatic rings. The summed E-state index contributed by atoms with van der Waals surface area (Å²) in [6.07, 6.45) is 0. The third kappa shape index (κ3) is 2.83. The van der Waals surface area contributed by atoms with Crippen molar-refractivity contribution >= 4 is 11.6 Å². The van der Waals surface area contributed by atoms with Crippen LogP contribution in [0.2, 0.25) is 5.02 Å². The fourth-order valence-corrected chi connectivity index (χ4v) is 1.90. The van der Waals surface area contributed by atoms with Gasteiger partial charge >= 0.3 is 0 Å². The van der Waals surface area contributed by atoms with Crippen molar-refractivity contribution in [1.29, 1.82) is 0 Å². The molecule has 2 aromatic rings. The maximum Gasteiger partial charge on any atom is 0.126 e. The van der Waals surface area contributed by atoms with Gasteiger partial charge in [-0.3, -0.25) is 0 Å². The highest BCUT2D eigenvalue weighted by atomic mass is 35.5. The molecule has 0 spiro atoms. The number of benzene rings is 2. The van der Waals surface area contributed by atoms with Crippen LogP contribution >= 0.6 is 11.6 Å². The molecule has 0 saturated heterocycles. The van der Waals surface area contributed by atoms with Crippen molar-refractivity contribution in [3.05, 3.63) is 70.2 Å². The largest absolute Gasteiger partial charge is 0.207 e. The fraction of sp³-hybridized carbons (Fsp3) is 0.143. The second-order valence-electron chi connectivity index (χ2n) is 3.98. The van der Waals surface area contributed by atoms with Gasteiger partial charge in [-0.05, 0) is 35.4 Å². The van der Waals surface area contributed by atoms with Gasteiger partial charge in [0.05, 0.1) is 0 Å². The third-order valence-corrected chi connectivity index (χ3v) is 3.01. The second-order valence-corrected chi connectivity index (χ2v) is 4.41. The van der Waals surface area contributed by atoms with E-state index in [1.165, 1.54) is 12.1 Å². The molecule has 0 nitrogen and oxygen atoms in total. The van der Waals surface area contributed by atoms with Crippen molar-refractivity contribution in [2.45, 2.75) is 12.8 Å². The minimum absolute atomic E-state index is 0.0718. The lowest BCUT2D eigenvalue weighted by molar-refractivity contribution is 0.578. The van der Waals surface area contributed by atoms with Gasteiger partial charge in [0.25, 0.3) is 0 Å². The quantitative estimate of drug-likeness (QED) is 0.722. The highest BCUT2D eigenvalue weighted by Crippen LogP contribution is 2.26. The molecule has 3 heteroatoms.